The predicted molar refractivity (Wildman–Crippen MR) is 98.0 cm³/mol. The number of aromatic nitrogens is 6. The van der Waals surface area contributed by atoms with Gasteiger partial charge in [0.15, 0.2) is 5.82 Å². The highest BCUT2D eigenvalue weighted by Crippen LogP contribution is 2.21. The monoisotopic (exact) mass is 364 g/mol. The van der Waals surface area contributed by atoms with Crippen LogP contribution in [-0.2, 0) is 11.3 Å². The van der Waals surface area contributed by atoms with Gasteiger partial charge in [-0.05, 0) is 24.5 Å². The Labute approximate surface area is 156 Å². The number of piperidine rings is 1. The highest BCUT2D eigenvalue weighted by atomic mass is 16.1. The molecule has 0 radical (unpaired) electrons. The number of hydrogen-bond acceptors (Lipinski definition) is 7. The number of rotatable bonds is 5. The second-order valence-corrected chi connectivity index (χ2v) is 6.43. The van der Waals surface area contributed by atoms with Crippen LogP contribution < -0.4 is 10.2 Å². The van der Waals surface area contributed by atoms with Gasteiger partial charge in [0.1, 0.15) is 18.5 Å². The smallest absolute Gasteiger partial charge is 0.225 e. The van der Waals surface area contributed by atoms with Crippen molar-refractivity contribution in [1.82, 2.24) is 35.0 Å². The number of pyridine rings is 1. The molecule has 1 saturated heterocycles. The van der Waals surface area contributed by atoms with E-state index in [1.54, 1.807) is 35.8 Å². The topological polar surface area (TPSA) is 102 Å². The van der Waals surface area contributed by atoms with Gasteiger partial charge in [0, 0.05) is 38.2 Å². The molecule has 1 N–H and O–H groups in total. The van der Waals surface area contributed by atoms with Crippen molar-refractivity contribution in [3.63, 3.8) is 0 Å². The lowest BCUT2D eigenvalue weighted by atomic mass is 9.97. The number of hydrogen-bond donors (Lipinski definition) is 1. The van der Waals surface area contributed by atoms with Crippen molar-refractivity contribution < 1.29 is 4.79 Å². The average Bonchev–Trinajstić information content (AvgIpc) is 3.28. The van der Waals surface area contributed by atoms with Crippen LogP contribution in [0.25, 0.3) is 5.82 Å². The van der Waals surface area contributed by atoms with Crippen molar-refractivity contribution >= 4 is 11.7 Å². The zero-order valence-electron chi connectivity index (χ0n) is 14.8. The third kappa shape index (κ3) is 4.08. The van der Waals surface area contributed by atoms with Crippen LogP contribution in [0.4, 0.5) is 5.82 Å². The zero-order valence-corrected chi connectivity index (χ0v) is 14.8. The molecule has 9 nitrogen and oxygen atoms in total. The fourth-order valence-corrected chi connectivity index (χ4v) is 3.17. The van der Waals surface area contributed by atoms with Crippen molar-refractivity contribution in [3.8, 4) is 5.82 Å². The molecule has 4 heterocycles. The van der Waals surface area contributed by atoms with Gasteiger partial charge in [-0.15, -0.1) is 0 Å². The molecule has 9 heteroatoms. The summed E-state index contributed by atoms with van der Waals surface area (Å²) in [6, 6.07) is 3.78. The summed E-state index contributed by atoms with van der Waals surface area (Å²) in [5.41, 5.74) is 0.939. The van der Waals surface area contributed by atoms with Gasteiger partial charge in [0.25, 0.3) is 0 Å². The van der Waals surface area contributed by atoms with Gasteiger partial charge in [-0.2, -0.15) is 5.10 Å². The van der Waals surface area contributed by atoms with E-state index < -0.39 is 0 Å². The van der Waals surface area contributed by atoms with E-state index in [1.807, 2.05) is 12.1 Å². The van der Waals surface area contributed by atoms with Crippen LogP contribution in [0.3, 0.4) is 0 Å². The maximum atomic E-state index is 12.6. The molecule has 0 bridgehead atoms. The Morgan fingerprint density at radius 1 is 1.15 bits per heavy atom. The van der Waals surface area contributed by atoms with Crippen LogP contribution in [0.1, 0.15) is 18.4 Å². The molecule has 0 unspecified atom stereocenters. The van der Waals surface area contributed by atoms with Crippen LogP contribution in [0, 0.1) is 5.92 Å². The number of amides is 1. The third-order valence-corrected chi connectivity index (χ3v) is 4.60. The Morgan fingerprint density at radius 3 is 2.85 bits per heavy atom. The molecule has 138 valence electrons. The standard InChI is InChI=1S/C18H20N8O/c27-18(15-2-1-7-25(11-15)17-10-19-5-6-21-17)23-9-14-3-4-16(22-8-14)26-13-20-12-24-26/h3-6,8,10,12-13,15H,1-2,7,9,11H2,(H,23,27)/t15-/m0/s1. The molecule has 3 aromatic rings. The second-order valence-electron chi connectivity index (χ2n) is 6.43. The van der Waals surface area contributed by atoms with Gasteiger partial charge in [-0.1, -0.05) is 6.07 Å². The molecule has 27 heavy (non-hydrogen) atoms. The third-order valence-electron chi connectivity index (χ3n) is 4.60. The van der Waals surface area contributed by atoms with Crippen molar-refractivity contribution in [2.45, 2.75) is 19.4 Å². The SMILES string of the molecule is O=C(NCc1ccc(-n2cncn2)nc1)[C@H]1CCCN(c2cnccn2)C1. The predicted octanol–water partition coefficient (Wildman–Crippen LogP) is 0.985. The molecule has 4 rings (SSSR count). The van der Waals surface area contributed by atoms with Gasteiger partial charge >= 0.3 is 0 Å². The van der Waals surface area contributed by atoms with Crippen molar-refractivity contribution in [2.75, 3.05) is 18.0 Å². The average molecular weight is 364 g/mol. The van der Waals surface area contributed by atoms with Crippen LogP contribution in [0.5, 0.6) is 0 Å². The van der Waals surface area contributed by atoms with Crippen LogP contribution in [0.15, 0.2) is 49.6 Å². The first-order chi connectivity index (χ1) is 13.3. The normalized spacial score (nSPS) is 16.9. The Kier molecular flexibility index (Phi) is 4.99. The lowest BCUT2D eigenvalue weighted by Crippen LogP contribution is -2.43. The fraction of sp³-hybridized carbons (Fsp3) is 0.333. The first-order valence-corrected chi connectivity index (χ1v) is 8.88. The van der Waals surface area contributed by atoms with Gasteiger partial charge in [-0.25, -0.2) is 19.6 Å². The maximum absolute atomic E-state index is 12.6. The molecule has 1 aliphatic heterocycles. The molecule has 1 atom stereocenters. The van der Waals surface area contributed by atoms with Crippen LogP contribution in [0.2, 0.25) is 0 Å². The van der Waals surface area contributed by atoms with Crippen molar-refractivity contribution in [2.24, 2.45) is 5.92 Å². The number of carbonyl (C=O) groups excluding carboxylic acids is 1. The summed E-state index contributed by atoms with van der Waals surface area (Å²) in [4.78, 5) is 31.4. The summed E-state index contributed by atoms with van der Waals surface area (Å²) in [5.74, 6) is 1.52. The maximum Gasteiger partial charge on any atom is 0.225 e. The summed E-state index contributed by atoms with van der Waals surface area (Å²) in [6.07, 6.45) is 11.7. The largest absolute Gasteiger partial charge is 0.355 e. The number of carbonyl (C=O) groups is 1. The number of nitrogens with one attached hydrogen (secondary N) is 1. The molecular formula is C18H20N8O. The highest BCUT2D eigenvalue weighted by Gasteiger charge is 2.26. The van der Waals surface area contributed by atoms with E-state index in [9.17, 15) is 4.79 Å². The van der Waals surface area contributed by atoms with Gasteiger partial charge in [0.2, 0.25) is 5.91 Å². The summed E-state index contributed by atoms with van der Waals surface area (Å²) in [7, 11) is 0. The van der Waals surface area contributed by atoms with Gasteiger partial charge < -0.3 is 10.2 Å². The van der Waals surface area contributed by atoms with E-state index in [2.05, 4.69) is 35.3 Å². The van der Waals surface area contributed by atoms with Crippen LogP contribution in [-0.4, -0.2) is 48.7 Å². The molecular weight excluding hydrogens is 344 g/mol. The number of nitrogens with zero attached hydrogens (tertiary/aromatic N) is 7. The lowest BCUT2D eigenvalue weighted by Gasteiger charge is -2.32. The number of anilines is 1. The minimum absolute atomic E-state index is 0.0527. The van der Waals surface area contributed by atoms with E-state index in [4.69, 9.17) is 0 Å². The van der Waals surface area contributed by atoms with E-state index in [-0.39, 0.29) is 11.8 Å². The summed E-state index contributed by atoms with van der Waals surface area (Å²) < 4.78 is 1.59. The first-order valence-electron chi connectivity index (χ1n) is 8.88. The van der Waals surface area contributed by atoms with E-state index in [1.165, 1.54) is 6.33 Å². The fourth-order valence-electron chi connectivity index (χ4n) is 3.17. The van der Waals surface area contributed by atoms with Gasteiger partial charge in [-0.3, -0.25) is 9.78 Å². The van der Waals surface area contributed by atoms with E-state index in [0.717, 1.165) is 30.8 Å². The molecule has 0 spiro atoms. The van der Waals surface area contributed by atoms with E-state index >= 15 is 0 Å². The molecule has 0 aromatic carbocycles. The minimum Gasteiger partial charge on any atom is -0.355 e. The molecule has 3 aromatic heterocycles. The Hall–Kier alpha value is -3.36. The molecule has 1 amide bonds. The molecule has 0 saturated carbocycles. The molecule has 0 aliphatic carbocycles. The molecule has 1 aliphatic rings. The summed E-state index contributed by atoms with van der Waals surface area (Å²) in [5, 5.41) is 7.06. The van der Waals surface area contributed by atoms with Crippen LogP contribution >= 0.6 is 0 Å². The Bertz CT molecular complexity index is 866. The van der Waals surface area contributed by atoms with Crippen molar-refractivity contribution in [3.05, 3.63) is 55.1 Å². The zero-order chi connectivity index (χ0) is 18.5. The Morgan fingerprint density at radius 2 is 2.11 bits per heavy atom. The second kappa shape index (κ2) is 7.90. The summed E-state index contributed by atoms with van der Waals surface area (Å²) >= 11 is 0. The quantitative estimate of drug-likeness (QED) is 0.720. The lowest BCUT2D eigenvalue weighted by molar-refractivity contribution is -0.125. The minimum atomic E-state index is -0.0527. The first kappa shape index (κ1) is 17.1. The summed E-state index contributed by atoms with van der Waals surface area (Å²) in [6.45, 7) is 2.01. The van der Waals surface area contributed by atoms with Crippen molar-refractivity contribution in [1.29, 1.82) is 0 Å². The van der Waals surface area contributed by atoms with Gasteiger partial charge in [0.05, 0.1) is 12.1 Å². The molecule has 1 fully saturated rings. The van der Waals surface area contributed by atoms with E-state index in [0.29, 0.717) is 18.9 Å². The highest BCUT2D eigenvalue weighted by molar-refractivity contribution is 5.79. The Balaban J connectivity index is 1.32.